The quantitative estimate of drug-likeness (QED) is 0.835. The van der Waals surface area contributed by atoms with Crippen LogP contribution in [0.3, 0.4) is 0 Å². The monoisotopic (exact) mass is 255 g/mol. The Bertz CT molecular complexity index is 375. The van der Waals surface area contributed by atoms with Crippen LogP contribution in [0.15, 0.2) is 5.38 Å². The molecule has 0 radical (unpaired) electrons. The lowest BCUT2D eigenvalue weighted by Gasteiger charge is -2.26. The topological polar surface area (TPSA) is 54.5 Å². The lowest BCUT2D eigenvalue weighted by molar-refractivity contribution is 0.0520. The summed E-state index contributed by atoms with van der Waals surface area (Å²) in [4.78, 5) is 15.6. The Morgan fingerprint density at radius 2 is 2.29 bits per heavy atom. The predicted octanol–water partition coefficient (Wildman–Crippen LogP) is 2.13. The van der Waals surface area contributed by atoms with Gasteiger partial charge in [0.15, 0.2) is 10.8 Å². The van der Waals surface area contributed by atoms with E-state index in [4.69, 9.17) is 4.74 Å². The SMILES string of the molecule is CCOC(=O)c1csc(NN2CCCCC2)n1. The third kappa shape index (κ3) is 3.41. The minimum atomic E-state index is -0.351. The predicted molar refractivity (Wildman–Crippen MR) is 67.1 cm³/mol. The molecule has 0 saturated carbocycles. The third-order valence-corrected chi connectivity index (χ3v) is 3.35. The van der Waals surface area contributed by atoms with Crippen LogP contribution in [0.5, 0.6) is 0 Å². The van der Waals surface area contributed by atoms with Crippen LogP contribution >= 0.6 is 11.3 Å². The van der Waals surface area contributed by atoms with Crippen molar-refractivity contribution >= 4 is 22.4 Å². The summed E-state index contributed by atoms with van der Waals surface area (Å²) in [5.41, 5.74) is 3.62. The molecule has 0 aliphatic carbocycles. The van der Waals surface area contributed by atoms with Crippen molar-refractivity contribution in [3.63, 3.8) is 0 Å². The Hall–Kier alpha value is -1.14. The molecule has 1 aromatic heterocycles. The highest BCUT2D eigenvalue weighted by Gasteiger charge is 2.14. The van der Waals surface area contributed by atoms with Crippen LogP contribution < -0.4 is 5.43 Å². The molecule has 1 aliphatic heterocycles. The number of hydrogen-bond donors (Lipinski definition) is 1. The van der Waals surface area contributed by atoms with E-state index in [9.17, 15) is 4.79 Å². The van der Waals surface area contributed by atoms with Crippen LogP contribution in [0.4, 0.5) is 5.13 Å². The zero-order valence-corrected chi connectivity index (χ0v) is 10.8. The zero-order valence-electron chi connectivity index (χ0n) is 9.94. The fraction of sp³-hybridized carbons (Fsp3) is 0.636. The first-order valence-electron chi connectivity index (χ1n) is 5.94. The number of hydrazine groups is 1. The number of nitrogens with one attached hydrogen (secondary N) is 1. The van der Waals surface area contributed by atoms with Gasteiger partial charge in [0, 0.05) is 18.5 Å². The summed E-state index contributed by atoms with van der Waals surface area (Å²) in [6.45, 7) is 4.24. The number of carbonyl (C=O) groups is 1. The maximum atomic E-state index is 11.4. The fourth-order valence-electron chi connectivity index (χ4n) is 1.76. The molecule has 0 spiro atoms. The molecule has 0 amide bonds. The van der Waals surface area contributed by atoms with E-state index in [-0.39, 0.29) is 5.97 Å². The maximum absolute atomic E-state index is 11.4. The van der Waals surface area contributed by atoms with E-state index in [1.54, 1.807) is 12.3 Å². The molecule has 1 fully saturated rings. The molecule has 0 aromatic carbocycles. The first-order chi connectivity index (χ1) is 8.29. The Morgan fingerprint density at radius 1 is 1.53 bits per heavy atom. The van der Waals surface area contributed by atoms with Gasteiger partial charge in [-0.3, -0.25) is 5.43 Å². The van der Waals surface area contributed by atoms with Crippen LogP contribution in [0.25, 0.3) is 0 Å². The van der Waals surface area contributed by atoms with Gasteiger partial charge in [0.05, 0.1) is 6.61 Å². The molecule has 0 bridgehead atoms. The van der Waals surface area contributed by atoms with Gasteiger partial charge < -0.3 is 4.74 Å². The summed E-state index contributed by atoms with van der Waals surface area (Å²) in [6.07, 6.45) is 3.72. The van der Waals surface area contributed by atoms with E-state index < -0.39 is 0 Å². The molecule has 1 N–H and O–H groups in total. The highest BCUT2D eigenvalue weighted by Crippen LogP contribution is 2.18. The molecule has 94 valence electrons. The van der Waals surface area contributed by atoms with Crippen molar-refractivity contribution in [3.05, 3.63) is 11.1 Å². The molecule has 1 saturated heterocycles. The fourth-order valence-corrected chi connectivity index (χ4v) is 2.47. The van der Waals surface area contributed by atoms with Crippen molar-refractivity contribution in [1.29, 1.82) is 0 Å². The number of piperidine rings is 1. The summed E-state index contributed by atoms with van der Waals surface area (Å²) in [5, 5.41) is 4.64. The average Bonchev–Trinajstić information content (AvgIpc) is 2.79. The van der Waals surface area contributed by atoms with Gasteiger partial charge in [-0.05, 0) is 19.8 Å². The lowest BCUT2D eigenvalue weighted by atomic mass is 10.2. The minimum absolute atomic E-state index is 0.351. The van der Waals surface area contributed by atoms with E-state index in [1.165, 1.54) is 30.6 Å². The zero-order chi connectivity index (χ0) is 12.1. The summed E-state index contributed by atoms with van der Waals surface area (Å²) in [5.74, 6) is -0.351. The number of rotatable bonds is 4. The molecular weight excluding hydrogens is 238 g/mol. The van der Waals surface area contributed by atoms with E-state index >= 15 is 0 Å². The van der Waals surface area contributed by atoms with Gasteiger partial charge in [-0.25, -0.2) is 14.8 Å². The molecule has 6 heteroatoms. The first-order valence-corrected chi connectivity index (χ1v) is 6.82. The van der Waals surface area contributed by atoms with Gasteiger partial charge in [-0.2, -0.15) is 0 Å². The van der Waals surface area contributed by atoms with Crippen molar-refractivity contribution < 1.29 is 9.53 Å². The number of aromatic nitrogens is 1. The second-order valence-corrected chi connectivity index (χ2v) is 4.78. The molecule has 0 unspecified atom stereocenters. The van der Waals surface area contributed by atoms with Crippen molar-refractivity contribution in [2.24, 2.45) is 0 Å². The number of hydrogen-bond acceptors (Lipinski definition) is 6. The number of esters is 1. The number of ether oxygens (including phenoxy) is 1. The third-order valence-electron chi connectivity index (χ3n) is 2.60. The molecule has 0 atom stereocenters. The van der Waals surface area contributed by atoms with Gasteiger partial charge in [0.2, 0.25) is 0 Å². The van der Waals surface area contributed by atoms with Crippen molar-refractivity contribution in [2.75, 3.05) is 25.1 Å². The smallest absolute Gasteiger partial charge is 0.357 e. The van der Waals surface area contributed by atoms with Crippen LogP contribution in [0, 0.1) is 0 Å². The van der Waals surface area contributed by atoms with Crippen LogP contribution in [0.1, 0.15) is 36.7 Å². The molecule has 17 heavy (non-hydrogen) atoms. The molecular formula is C11H17N3O2S. The number of thiazole rings is 1. The molecule has 2 heterocycles. The Kier molecular flexibility index (Phi) is 4.33. The summed E-state index contributed by atoms with van der Waals surface area (Å²) < 4.78 is 4.90. The van der Waals surface area contributed by atoms with Crippen molar-refractivity contribution in [1.82, 2.24) is 9.99 Å². The highest BCUT2D eigenvalue weighted by molar-refractivity contribution is 7.13. The van der Waals surface area contributed by atoms with Crippen LogP contribution in [-0.2, 0) is 4.74 Å². The lowest BCUT2D eigenvalue weighted by Crippen LogP contribution is -2.34. The van der Waals surface area contributed by atoms with E-state index in [1.807, 2.05) is 0 Å². The molecule has 5 nitrogen and oxygen atoms in total. The van der Waals surface area contributed by atoms with E-state index in [2.05, 4.69) is 15.4 Å². The Morgan fingerprint density at radius 3 is 3.00 bits per heavy atom. The largest absolute Gasteiger partial charge is 0.461 e. The standard InChI is InChI=1S/C11H17N3O2S/c1-2-16-10(15)9-8-17-11(12-9)13-14-6-4-3-5-7-14/h8H,2-7H2,1H3,(H,12,13). The first kappa shape index (κ1) is 12.3. The highest BCUT2D eigenvalue weighted by atomic mass is 32.1. The van der Waals surface area contributed by atoms with E-state index in [0.717, 1.165) is 18.2 Å². The molecule has 1 aromatic rings. The Balaban J connectivity index is 1.91. The van der Waals surface area contributed by atoms with Gasteiger partial charge in [-0.1, -0.05) is 6.42 Å². The minimum Gasteiger partial charge on any atom is -0.461 e. The number of carbonyl (C=O) groups excluding carboxylic acids is 1. The van der Waals surface area contributed by atoms with Crippen molar-refractivity contribution in [2.45, 2.75) is 26.2 Å². The number of anilines is 1. The van der Waals surface area contributed by atoms with E-state index in [0.29, 0.717) is 12.3 Å². The van der Waals surface area contributed by atoms with Crippen LogP contribution in [-0.4, -0.2) is 35.7 Å². The molecule has 1 aliphatic rings. The normalized spacial score (nSPS) is 16.8. The summed E-state index contributed by atoms with van der Waals surface area (Å²) in [7, 11) is 0. The van der Waals surface area contributed by atoms with Crippen molar-refractivity contribution in [3.8, 4) is 0 Å². The molecule has 2 rings (SSSR count). The summed E-state index contributed by atoms with van der Waals surface area (Å²) in [6, 6.07) is 0. The number of nitrogens with zero attached hydrogens (tertiary/aromatic N) is 2. The average molecular weight is 255 g/mol. The van der Waals surface area contributed by atoms with Gasteiger partial charge >= 0.3 is 5.97 Å². The second-order valence-electron chi connectivity index (χ2n) is 3.92. The Labute approximate surface area is 105 Å². The van der Waals surface area contributed by atoms with Gasteiger partial charge in [0.25, 0.3) is 0 Å². The van der Waals surface area contributed by atoms with Gasteiger partial charge in [-0.15, -0.1) is 11.3 Å². The summed E-state index contributed by atoms with van der Waals surface area (Å²) >= 11 is 1.43. The van der Waals surface area contributed by atoms with Gasteiger partial charge in [0.1, 0.15) is 0 Å². The second kappa shape index (κ2) is 5.97. The maximum Gasteiger partial charge on any atom is 0.357 e. The van der Waals surface area contributed by atoms with Crippen LogP contribution in [0.2, 0.25) is 0 Å².